The number of hydrogen-bond acceptors (Lipinski definition) is 3. The Morgan fingerprint density at radius 2 is 1.69 bits per heavy atom. The molecule has 0 aromatic carbocycles. The molecule has 3 heteroatoms. The highest BCUT2D eigenvalue weighted by Gasteiger charge is 2.49. The quantitative estimate of drug-likeness (QED) is 0.669. The van der Waals surface area contributed by atoms with E-state index in [9.17, 15) is 4.79 Å². The van der Waals surface area contributed by atoms with Crippen molar-refractivity contribution in [2.45, 2.75) is 44.6 Å². The molecule has 0 spiro atoms. The molecule has 4 rings (SSSR count). The third-order valence-electron chi connectivity index (χ3n) is 4.63. The van der Waals surface area contributed by atoms with E-state index in [4.69, 9.17) is 10.00 Å². The van der Waals surface area contributed by atoms with E-state index < -0.39 is 0 Å². The fourth-order valence-corrected chi connectivity index (χ4v) is 4.33. The first-order valence-electron chi connectivity index (χ1n) is 6.32. The van der Waals surface area contributed by atoms with Crippen molar-refractivity contribution in [2.24, 2.45) is 23.7 Å². The van der Waals surface area contributed by atoms with Crippen LogP contribution in [0.15, 0.2) is 0 Å². The van der Waals surface area contributed by atoms with E-state index in [-0.39, 0.29) is 18.5 Å². The molecule has 4 bridgehead atoms. The molecule has 4 aliphatic carbocycles. The number of hydrogen-bond donors (Lipinski definition) is 0. The van der Waals surface area contributed by atoms with Crippen LogP contribution >= 0.6 is 0 Å². The van der Waals surface area contributed by atoms with Gasteiger partial charge in [0.25, 0.3) is 0 Å². The standard InChI is InChI=1S/C13H17NO2/c14-2-1-12(15)16-13-10-4-8-3-9(6-10)7-11(13)5-8/h8-11,13H,1,3-7H2. The minimum Gasteiger partial charge on any atom is -0.461 e. The van der Waals surface area contributed by atoms with Crippen LogP contribution in [-0.4, -0.2) is 12.1 Å². The van der Waals surface area contributed by atoms with Crippen LogP contribution in [0.3, 0.4) is 0 Å². The van der Waals surface area contributed by atoms with E-state index in [0.717, 1.165) is 11.8 Å². The second-order valence-corrected chi connectivity index (χ2v) is 5.72. The summed E-state index contributed by atoms with van der Waals surface area (Å²) in [5.74, 6) is 2.67. The second-order valence-electron chi connectivity index (χ2n) is 5.72. The second kappa shape index (κ2) is 3.76. The van der Waals surface area contributed by atoms with Crippen LogP contribution in [0.25, 0.3) is 0 Å². The SMILES string of the molecule is N#CCC(=O)OC1C2CC3CC(C2)CC1C3. The predicted molar refractivity (Wildman–Crippen MR) is 57.2 cm³/mol. The number of esters is 1. The van der Waals surface area contributed by atoms with Crippen molar-refractivity contribution in [3.8, 4) is 6.07 Å². The Labute approximate surface area is 95.8 Å². The van der Waals surface area contributed by atoms with E-state index in [1.54, 1.807) is 0 Å². The molecular formula is C13H17NO2. The molecule has 0 N–H and O–H groups in total. The summed E-state index contributed by atoms with van der Waals surface area (Å²) in [5.41, 5.74) is 0. The van der Waals surface area contributed by atoms with Gasteiger partial charge in [-0.3, -0.25) is 4.79 Å². The Morgan fingerprint density at radius 1 is 1.12 bits per heavy atom. The van der Waals surface area contributed by atoms with E-state index >= 15 is 0 Å². The maximum atomic E-state index is 11.4. The van der Waals surface area contributed by atoms with E-state index in [1.165, 1.54) is 32.1 Å². The molecule has 4 aliphatic rings. The van der Waals surface area contributed by atoms with E-state index in [0.29, 0.717) is 11.8 Å². The Hall–Kier alpha value is -1.04. The van der Waals surface area contributed by atoms with Gasteiger partial charge in [0.2, 0.25) is 0 Å². The van der Waals surface area contributed by atoms with Crippen molar-refractivity contribution in [1.82, 2.24) is 0 Å². The lowest BCUT2D eigenvalue weighted by Crippen LogP contribution is -2.50. The number of carbonyl (C=O) groups is 1. The molecule has 86 valence electrons. The smallest absolute Gasteiger partial charge is 0.320 e. The molecule has 16 heavy (non-hydrogen) atoms. The fourth-order valence-electron chi connectivity index (χ4n) is 4.33. The van der Waals surface area contributed by atoms with Crippen LogP contribution in [0.1, 0.15) is 38.5 Å². The van der Waals surface area contributed by atoms with Crippen molar-refractivity contribution in [3.05, 3.63) is 0 Å². The van der Waals surface area contributed by atoms with Crippen LogP contribution in [0.4, 0.5) is 0 Å². The third-order valence-corrected chi connectivity index (χ3v) is 4.63. The molecule has 4 saturated carbocycles. The van der Waals surface area contributed by atoms with Gasteiger partial charge in [0.1, 0.15) is 12.5 Å². The monoisotopic (exact) mass is 219 g/mol. The minimum atomic E-state index is -0.319. The van der Waals surface area contributed by atoms with Gasteiger partial charge in [-0.1, -0.05) is 0 Å². The Bertz CT molecular complexity index is 316. The minimum absolute atomic E-state index is 0.0944. The van der Waals surface area contributed by atoms with Crippen LogP contribution in [0.5, 0.6) is 0 Å². The highest BCUT2D eigenvalue weighted by molar-refractivity contribution is 5.72. The summed E-state index contributed by atoms with van der Waals surface area (Å²) in [5, 5.41) is 8.47. The Morgan fingerprint density at radius 3 is 2.19 bits per heavy atom. The third kappa shape index (κ3) is 1.61. The molecule has 0 heterocycles. The van der Waals surface area contributed by atoms with Gasteiger partial charge in [0.05, 0.1) is 6.07 Å². The largest absolute Gasteiger partial charge is 0.461 e. The first-order valence-corrected chi connectivity index (χ1v) is 6.32. The summed E-state index contributed by atoms with van der Waals surface area (Å²) >= 11 is 0. The van der Waals surface area contributed by atoms with Gasteiger partial charge >= 0.3 is 5.97 Å². The number of nitriles is 1. The highest BCUT2D eigenvalue weighted by atomic mass is 16.5. The zero-order chi connectivity index (χ0) is 11.1. The van der Waals surface area contributed by atoms with Crippen molar-refractivity contribution >= 4 is 5.97 Å². The van der Waals surface area contributed by atoms with Crippen LogP contribution in [0.2, 0.25) is 0 Å². The van der Waals surface area contributed by atoms with Gasteiger partial charge in [-0.25, -0.2) is 0 Å². The maximum absolute atomic E-state index is 11.4. The summed E-state index contributed by atoms with van der Waals surface area (Å²) in [4.78, 5) is 11.4. The molecular weight excluding hydrogens is 202 g/mol. The number of rotatable bonds is 2. The molecule has 0 saturated heterocycles. The molecule has 4 fully saturated rings. The zero-order valence-electron chi connectivity index (χ0n) is 9.39. The first kappa shape index (κ1) is 10.1. The highest BCUT2D eigenvalue weighted by Crippen LogP contribution is 2.54. The molecule has 0 unspecified atom stereocenters. The van der Waals surface area contributed by atoms with Gasteiger partial charge < -0.3 is 4.74 Å². The van der Waals surface area contributed by atoms with Crippen molar-refractivity contribution < 1.29 is 9.53 Å². The Balaban J connectivity index is 1.68. The molecule has 0 aromatic rings. The van der Waals surface area contributed by atoms with Gasteiger partial charge in [0, 0.05) is 0 Å². The maximum Gasteiger partial charge on any atom is 0.320 e. The Kier molecular flexibility index (Phi) is 2.38. The molecule has 0 radical (unpaired) electrons. The van der Waals surface area contributed by atoms with Gasteiger partial charge in [-0.05, 0) is 55.8 Å². The van der Waals surface area contributed by atoms with Crippen molar-refractivity contribution in [1.29, 1.82) is 5.26 Å². The number of nitrogens with zero attached hydrogens (tertiary/aromatic N) is 1. The molecule has 0 aliphatic heterocycles. The topological polar surface area (TPSA) is 50.1 Å². The van der Waals surface area contributed by atoms with Gasteiger partial charge in [-0.15, -0.1) is 0 Å². The molecule has 0 amide bonds. The summed E-state index contributed by atoms with van der Waals surface area (Å²) in [6.07, 6.45) is 6.44. The molecule has 0 atom stereocenters. The van der Waals surface area contributed by atoms with Crippen LogP contribution < -0.4 is 0 Å². The zero-order valence-corrected chi connectivity index (χ0v) is 9.39. The molecule has 0 aromatic heterocycles. The lowest BCUT2D eigenvalue weighted by molar-refractivity contribution is -0.169. The van der Waals surface area contributed by atoms with Crippen molar-refractivity contribution in [3.63, 3.8) is 0 Å². The lowest BCUT2D eigenvalue weighted by Gasteiger charge is -2.53. The predicted octanol–water partition coefficient (Wildman–Crippen LogP) is 2.27. The van der Waals surface area contributed by atoms with Crippen LogP contribution in [-0.2, 0) is 9.53 Å². The summed E-state index contributed by atoms with van der Waals surface area (Å²) in [6, 6.07) is 1.87. The lowest BCUT2D eigenvalue weighted by atomic mass is 9.55. The number of ether oxygens (including phenoxy) is 1. The van der Waals surface area contributed by atoms with Gasteiger partial charge in [-0.2, -0.15) is 5.26 Å². The van der Waals surface area contributed by atoms with E-state index in [1.807, 2.05) is 6.07 Å². The van der Waals surface area contributed by atoms with Crippen LogP contribution in [0, 0.1) is 35.0 Å². The normalized spacial score (nSPS) is 44.1. The summed E-state index contributed by atoms with van der Waals surface area (Å²) in [6.45, 7) is 0. The fraction of sp³-hybridized carbons (Fsp3) is 0.846. The summed E-state index contributed by atoms with van der Waals surface area (Å²) < 4.78 is 5.51. The van der Waals surface area contributed by atoms with E-state index in [2.05, 4.69) is 0 Å². The number of carbonyl (C=O) groups excluding carboxylic acids is 1. The molecule has 3 nitrogen and oxygen atoms in total. The van der Waals surface area contributed by atoms with Crippen molar-refractivity contribution in [2.75, 3.05) is 0 Å². The van der Waals surface area contributed by atoms with Gasteiger partial charge in [0.15, 0.2) is 0 Å². The average Bonchev–Trinajstić information content (AvgIpc) is 2.23. The average molecular weight is 219 g/mol. The first-order chi connectivity index (χ1) is 7.76. The summed E-state index contributed by atoms with van der Waals surface area (Å²) in [7, 11) is 0.